The molecule has 1 aliphatic rings. The summed E-state index contributed by atoms with van der Waals surface area (Å²) in [5, 5.41) is 11.7. The zero-order chi connectivity index (χ0) is 11.4. The normalized spacial score (nSPS) is 17.4. The van der Waals surface area contributed by atoms with Crippen LogP contribution in [0.1, 0.15) is 12.8 Å². The summed E-state index contributed by atoms with van der Waals surface area (Å²) >= 11 is 5.71. The number of rotatable bonds is 3. The molecule has 2 heterocycles. The van der Waals surface area contributed by atoms with Crippen molar-refractivity contribution in [3.8, 4) is 0 Å². The second-order valence-electron chi connectivity index (χ2n) is 4.29. The van der Waals surface area contributed by atoms with Crippen molar-refractivity contribution in [2.45, 2.75) is 12.8 Å². The number of anilines is 1. The Hall–Kier alpha value is -0.870. The Morgan fingerprint density at radius 2 is 2.12 bits per heavy atom. The van der Waals surface area contributed by atoms with Gasteiger partial charge in [0, 0.05) is 13.6 Å². The van der Waals surface area contributed by atoms with E-state index in [0.717, 1.165) is 31.4 Å². The van der Waals surface area contributed by atoms with Crippen molar-refractivity contribution in [3.05, 3.63) is 17.3 Å². The van der Waals surface area contributed by atoms with E-state index in [1.807, 2.05) is 6.07 Å². The lowest BCUT2D eigenvalue weighted by molar-refractivity contribution is 0.377. The van der Waals surface area contributed by atoms with Crippen molar-refractivity contribution in [3.63, 3.8) is 0 Å². The number of piperidine rings is 1. The van der Waals surface area contributed by atoms with Gasteiger partial charge < -0.3 is 10.2 Å². The van der Waals surface area contributed by atoms with E-state index in [9.17, 15) is 0 Å². The van der Waals surface area contributed by atoms with Gasteiger partial charge in [-0.1, -0.05) is 11.6 Å². The monoisotopic (exact) mass is 240 g/mol. The van der Waals surface area contributed by atoms with E-state index in [0.29, 0.717) is 5.15 Å². The van der Waals surface area contributed by atoms with Crippen LogP contribution >= 0.6 is 11.6 Å². The minimum atomic E-state index is 0.444. The molecule has 1 aliphatic heterocycles. The highest BCUT2D eigenvalue weighted by Gasteiger charge is 2.15. The Bertz CT molecular complexity index is 321. The van der Waals surface area contributed by atoms with E-state index in [1.54, 1.807) is 6.07 Å². The van der Waals surface area contributed by atoms with E-state index in [4.69, 9.17) is 11.6 Å². The molecule has 1 saturated heterocycles. The molecule has 1 aromatic rings. The third-order valence-corrected chi connectivity index (χ3v) is 3.20. The lowest BCUT2D eigenvalue weighted by Crippen LogP contribution is -2.34. The first kappa shape index (κ1) is 11.6. The molecule has 1 N–H and O–H groups in total. The maximum absolute atomic E-state index is 5.71. The molecule has 0 bridgehead atoms. The average Bonchev–Trinajstić information content (AvgIpc) is 2.31. The minimum Gasteiger partial charge on any atom is -0.358 e. The summed E-state index contributed by atoms with van der Waals surface area (Å²) in [6.45, 7) is 3.30. The molecule has 1 aromatic heterocycles. The van der Waals surface area contributed by atoms with Crippen molar-refractivity contribution in [1.82, 2.24) is 15.5 Å². The van der Waals surface area contributed by atoms with Gasteiger partial charge in [0.15, 0.2) is 11.0 Å². The summed E-state index contributed by atoms with van der Waals surface area (Å²) in [5.74, 6) is 1.65. The van der Waals surface area contributed by atoms with Crippen LogP contribution in [0.15, 0.2) is 12.1 Å². The molecule has 4 nitrogen and oxygen atoms in total. The van der Waals surface area contributed by atoms with Crippen molar-refractivity contribution in [1.29, 1.82) is 0 Å². The summed E-state index contributed by atoms with van der Waals surface area (Å²) in [5.41, 5.74) is 0. The Morgan fingerprint density at radius 1 is 1.38 bits per heavy atom. The van der Waals surface area contributed by atoms with Gasteiger partial charge in [-0.2, -0.15) is 0 Å². The van der Waals surface area contributed by atoms with Crippen molar-refractivity contribution < 1.29 is 0 Å². The quantitative estimate of drug-likeness (QED) is 0.871. The van der Waals surface area contributed by atoms with Crippen LogP contribution in [0, 0.1) is 5.92 Å². The van der Waals surface area contributed by atoms with Gasteiger partial charge in [0.25, 0.3) is 0 Å². The predicted octanol–water partition coefficient (Wildman–Crippen LogP) is 1.57. The lowest BCUT2D eigenvalue weighted by atomic mass is 9.98. The van der Waals surface area contributed by atoms with E-state index < -0.39 is 0 Å². The molecular formula is C11H17ClN4. The zero-order valence-electron chi connectivity index (χ0n) is 9.49. The van der Waals surface area contributed by atoms with Crippen LogP contribution in [0.3, 0.4) is 0 Å². The zero-order valence-corrected chi connectivity index (χ0v) is 10.2. The summed E-state index contributed by atoms with van der Waals surface area (Å²) in [6, 6.07) is 3.69. The largest absolute Gasteiger partial charge is 0.358 e. The molecule has 0 radical (unpaired) electrons. The molecule has 0 amide bonds. The van der Waals surface area contributed by atoms with E-state index in [1.165, 1.54) is 12.8 Å². The summed E-state index contributed by atoms with van der Waals surface area (Å²) in [4.78, 5) is 2.15. The number of aromatic nitrogens is 2. The van der Waals surface area contributed by atoms with Gasteiger partial charge >= 0.3 is 0 Å². The Balaban J connectivity index is 1.91. The molecule has 1 fully saturated rings. The molecule has 0 unspecified atom stereocenters. The number of nitrogens with zero attached hydrogens (tertiary/aromatic N) is 3. The molecule has 0 spiro atoms. The maximum atomic E-state index is 5.71. The minimum absolute atomic E-state index is 0.444. The molecule has 5 heteroatoms. The fourth-order valence-electron chi connectivity index (χ4n) is 2.06. The molecule has 0 saturated carbocycles. The first-order valence-electron chi connectivity index (χ1n) is 5.67. The van der Waals surface area contributed by atoms with Crippen molar-refractivity contribution in [2.75, 3.05) is 31.6 Å². The molecule has 88 valence electrons. The van der Waals surface area contributed by atoms with Gasteiger partial charge in [-0.05, 0) is 44.0 Å². The summed E-state index contributed by atoms with van der Waals surface area (Å²) in [6.07, 6.45) is 2.48. The van der Waals surface area contributed by atoms with Gasteiger partial charge in [0.05, 0.1) is 0 Å². The smallest absolute Gasteiger partial charge is 0.151 e. The van der Waals surface area contributed by atoms with E-state index in [-0.39, 0.29) is 0 Å². The Kier molecular flexibility index (Phi) is 3.96. The Morgan fingerprint density at radius 3 is 2.75 bits per heavy atom. The molecule has 2 rings (SSSR count). The van der Waals surface area contributed by atoms with Crippen molar-refractivity contribution >= 4 is 17.4 Å². The number of hydrogen-bond acceptors (Lipinski definition) is 4. The third-order valence-electron chi connectivity index (χ3n) is 3.00. The molecule has 0 atom stereocenters. The molecule has 0 aliphatic carbocycles. The van der Waals surface area contributed by atoms with E-state index in [2.05, 4.69) is 27.5 Å². The second kappa shape index (κ2) is 5.46. The van der Waals surface area contributed by atoms with Gasteiger partial charge in [-0.15, -0.1) is 10.2 Å². The number of hydrogen-bond donors (Lipinski definition) is 1. The fourth-order valence-corrected chi connectivity index (χ4v) is 2.16. The van der Waals surface area contributed by atoms with Crippen LogP contribution < -0.4 is 10.2 Å². The maximum Gasteiger partial charge on any atom is 0.151 e. The van der Waals surface area contributed by atoms with Crippen LogP contribution in [0.5, 0.6) is 0 Å². The van der Waals surface area contributed by atoms with Crippen LogP contribution in [0.25, 0.3) is 0 Å². The third kappa shape index (κ3) is 3.06. The van der Waals surface area contributed by atoms with Gasteiger partial charge in [-0.25, -0.2) is 0 Å². The molecular weight excluding hydrogens is 224 g/mol. The fraction of sp³-hybridized carbons (Fsp3) is 0.636. The van der Waals surface area contributed by atoms with E-state index >= 15 is 0 Å². The Labute approximate surface area is 101 Å². The predicted molar refractivity (Wildman–Crippen MR) is 65.9 cm³/mol. The molecule has 16 heavy (non-hydrogen) atoms. The van der Waals surface area contributed by atoms with Crippen LogP contribution in [-0.4, -0.2) is 36.9 Å². The standard InChI is InChI=1S/C11H17ClN4/c1-16(8-9-4-6-13-7-5-9)11-3-2-10(12)14-15-11/h2-3,9,13H,4-8H2,1H3. The lowest BCUT2D eigenvalue weighted by Gasteiger charge is -2.27. The van der Waals surface area contributed by atoms with Crippen LogP contribution in [-0.2, 0) is 0 Å². The second-order valence-corrected chi connectivity index (χ2v) is 4.68. The number of nitrogens with one attached hydrogen (secondary N) is 1. The topological polar surface area (TPSA) is 41.0 Å². The summed E-state index contributed by atoms with van der Waals surface area (Å²) in [7, 11) is 2.06. The van der Waals surface area contributed by atoms with Gasteiger partial charge in [0.1, 0.15) is 0 Å². The van der Waals surface area contributed by atoms with Gasteiger partial charge in [0.2, 0.25) is 0 Å². The summed E-state index contributed by atoms with van der Waals surface area (Å²) < 4.78 is 0. The van der Waals surface area contributed by atoms with Crippen LogP contribution in [0.4, 0.5) is 5.82 Å². The highest BCUT2D eigenvalue weighted by molar-refractivity contribution is 6.29. The highest BCUT2D eigenvalue weighted by Crippen LogP contribution is 2.16. The first-order valence-corrected chi connectivity index (χ1v) is 6.04. The first-order chi connectivity index (χ1) is 7.75. The van der Waals surface area contributed by atoms with Crippen molar-refractivity contribution in [2.24, 2.45) is 5.92 Å². The van der Waals surface area contributed by atoms with Crippen LogP contribution in [0.2, 0.25) is 5.15 Å². The van der Waals surface area contributed by atoms with Gasteiger partial charge in [-0.3, -0.25) is 0 Å². The average molecular weight is 241 g/mol. The molecule has 0 aromatic carbocycles. The SMILES string of the molecule is CN(CC1CCNCC1)c1ccc(Cl)nn1. The number of halogens is 1. The highest BCUT2D eigenvalue weighted by atomic mass is 35.5.